The Labute approximate surface area is 174 Å². The van der Waals surface area contributed by atoms with Gasteiger partial charge in [-0.05, 0) is 101 Å². The van der Waals surface area contributed by atoms with Crippen molar-refractivity contribution in [2.75, 3.05) is 0 Å². The van der Waals surface area contributed by atoms with E-state index in [1.807, 2.05) is 0 Å². The molecule has 0 amide bonds. The fraction of sp³-hybridized carbons (Fsp3) is 0. The lowest BCUT2D eigenvalue weighted by atomic mass is 9.93. The summed E-state index contributed by atoms with van der Waals surface area (Å²) in [5.41, 5.74) is 0. The summed E-state index contributed by atoms with van der Waals surface area (Å²) in [4.78, 5) is 0. The van der Waals surface area contributed by atoms with Crippen molar-refractivity contribution in [2.45, 2.75) is 0 Å². The first kappa shape index (κ1) is 16.0. The van der Waals surface area contributed by atoms with Gasteiger partial charge in [0, 0.05) is 0 Å². The van der Waals surface area contributed by atoms with Gasteiger partial charge in [0.1, 0.15) is 0 Å². The second-order valence-electron chi connectivity index (χ2n) is 8.27. The van der Waals surface area contributed by atoms with Crippen LogP contribution in [0.25, 0.3) is 64.6 Å². The predicted octanol–water partition coefficient (Wildman–Crippen LogP) is 8.61. The lowest BCUT2D eigenvalue weighted by molar-refractivity contribution is 1.78. The third-order valence-electron chi connectivity index (χ3n) is 6.52. The van der Waals surface area contributed by atoms with Gasteiger partial charge in [0.25, 0.3) is 0 Å². The highest BCUT2D eigenvalue weighted by molar-refractivity contribution is 6.20. The number of fused-ring (bicyclic) bond motifs is 8. The van der Waals surface area contributed by atoms with Gasteiger partial charge in [-0.15, -0.1) is 0 Å². The Morgan fingerprint density at radius 3 is 0.867 bits per heavy atom. The van der Waals surface area contributed by atoms with E-state index in [0.717, 1.165) is 0 Å². The minimum absolute atomic E-state index is 1.29. The van der Waals surface area contributed by atoms with E-state index in [4.69, 9.17) is 0 Å². The molecule has 0 aliphatic carbocycles. The summed E-state index contributed by atoms with van der Waals surface area (Å²) in [6.07, 6.45) is 0. The molecule has 0 heteroatoms. The lowest BCUT2D eigenvalue weighted by Gasteiger charge is -2.11. The Hall–Kier alpha value is -3.90. The first-order chi connectivity index (χ1) is 14.8. The fourth-order valence-corrected chi connectivity index (χ4v) is 4.99. The van der Waals surface area contributed by atoms with Gasteiger partial charge >= 0.3 is 0 Å². The van der Waals surface area contributed by atoms with Crippen molar-refractivity contribution in [3.8, 4) is 0 Å². The van der Waals surface area contributed by atoms with Crippen LogP contribution in [0.2, 0.25) is 0 Å². The molecule has 0 atom stereocenters. The average molecular weight is 378 g/mol. The molecule has 0 bridgehead atoms. The first-order valence-electron chi connectivity index (χ1n) is 10.4. The van der Waals surface area contributed by atoms with Crippen LogP contribution in [0.3, 0.4) is 0 Å². The zero-order valence-corrected chi connectivity index (χ0v) is 16.4. The van der Waals surface area contributed by atoms with Gasteiger partial charge in [0.2, 0.25) is 0 Å². The van der Waals surface area contributed by atoms with Crippen LogP contribution in [0.5, 0.6) is 0 Å². The van der Waals surface area contributed by atoms with E-state index in [-0.39, 0.29) is 0 Å². The van der Waals surface area contributed by atoms with Crippen LogP contribution in [-0.4, -0.2) is 0 Å². The van der Waals surface area contributed by atoms with Crippen molar-refractivity contribution in [2.24, 2.45) is 0 Å². The zero-order valence-electron chi connectivity index (χ0n) is 16.4. The molecule has 0 spiro atoms. The zero-order chi connectivity index (χ0) is 19.7. The topological polar surface area (TPSA) is 0 Å². The van der Waals surface area contributed by atoms with Crippen molar-refractivity contribution in [1.82, 2.24) is 0 Å². The molecule has 0 N–H and O–H groups in total. The predicted molar refractivity (Wildman–Crippen MR) is 131 cm³/mol. The molecule has 7 rings (SSSR count). The molecule has 0 unspecified atom stereocenters. The highest BCUT2D eigenvalue weighted by Gasteiger charge is 2.08. The maximum atomic E-state index is 2.37. The van der Waals surface area contributed by atoms with Gasteiger partial charge in [-0.1, -0.05) is 72.8 Å². The maximum absolute atomic E-state index is 2.37. The van der Waals surface area contributed by atoms with Gasteiger partial charge in [-0.3, -0.25) is 0 Å². The van der Waals surface area contributed by atoms with Crippen LogP contribution < -0.4 is 0 Å². The summed E-state index contributed by atoms with van der Waals surface area (Å²) in [5.74, 6) is 0. The van der Waals surface area contributed by atoms with Crippen LogP contribution in [0, 0.1) is 0 Å². The Balaban J connectivity index is 1.61. The van der Waals surface area contributed by atoms with Gasteiger partial charge in [0.15, 0.2) is 0 Å². The lowest BCUT2D eigenvalue weighted by Crippen LogP contribution is -1.83. The van der Waals surface area contributed by atoms with Gasteiger partial charge in [0.05, 0.1) is 0 Å². The highest BCUT2D eigenvalue weighted by Crippen LogP contribution is 2.35. The average Bonchev–Trinajstić information content (AvgIpc) is 2.80. The molecule has 7 aromatic carbocycles. The molecular weight excluding hydrogens is 360 g/mol. The second kappa shape index (κ2) is 5.81. The van der Waals surface area contributed by atoms with E-state index >= 15 is 0 Å². The molecular formula is C30H18. The molecule has 0 saturated heterocycles. The molecule has 30 heavy (non-hydrogen) atoms. The summed E-state index contributed by atoms with van der Waals surface area (Å²) in [5, 5.41) is 15.7. The maximum Gasteiger partial charge on any atom is -0.00988 e. The minimum Gasteiger partial charge on any atom is -0.0616 e. The molecule has 0 radical (unpaired) electrons. The van der Waals surface area contributed by atoms with Crippen molar-refractivity contribution in [1.29, 1.82) is 0 Å². The highest BCUT2D eigenvalue weighted by atomic mass is 14.1. The Kier molecular flexibility index (Phi) is 3.09. The normalized spacial score (nSPS) is 12.0. The summed E-state index contributed by atoms with van der Waals surface area (Å²) in [6.45, 7) is 0. The molecule has 0 aliphatic rings. The molecule has 0 heterocycles. The van der Waals surface area contributed by atoms with E-state index in [1.54, 1.807) is 0 Å². The smallest absolute Gasteiger partial charge is 0.00988 e. The molecule has 0 nitrogen and oxygen atoms in total. The summed E-state index contributed by atoms with van der Waals surface area (Å²) in [7, 11) is 0. The Morgan fingerprint density at radius 2 is 0.500 bits per heavy atom. The van der Waals surface area contributed by atoms with E-state index < -0.39 is 0 Å². The van der Waals surface area contributed by atoms with E-state index in [1.165, 1.54) is 64.6 Å². The van der Waals surface area contributed by atoms with Crippen LogP contribution in [0.1, 0.15) is 0 Å². The quantitative estimate of drug-likeness (QED) is 0.183. The van der Waals surface area contributed by atoms with Gasteiger partial charge in [-0.2, -0.15) is 0 Å². The summed E-state index contributed by atoms with van der Waals surface area (Å²) >= 11 is 0. The standard InChI is InChI=1S/C30H18/c1-3-7-21-15-27-23(13-19(21)5-1)9-11-25-18-30-26(17-29(25)27)12-10-24-14-20-6-2-4-8-22(20)16-28(24)30/h1-18H. The van der Waals surface area contributed by atoms with Crippen molar-refractivity contribution < 1.29 is 0 Å². The van der Waals surface area contributed by atoms with Crippen LogP contribution in [-0.2, 0) is 0 Å². The largest absolute Gasteiger partial charge is 0.0616 e. The van der Waals surface area contributed by atoms with Crippen LogP contribution in [0.4, 0.5) is 0 Å². The Bertz CT molecular complexity index is 1650. The molecule has 0 aliphatic heterocycles. The van der Waals surface area contributed by atoms with E-state index in [9.17, 15) is 0 Å². The third-order valence-corrected chi connectivity index (χ3v) is 6.52. The Morgan fingerprint density at radius 1 is 0.233 bits per heavy atom. The third kappa shape index (κ3) is 2.22. The van der Waals surface area contributed by atoms with Crippen molar-refractivity contribution in [3.63, 3.8) is 0 Å². The van der Waals surface area contributed by atoms with Gasteiger partial charge in [-0.25, -0.2) is 0 Å². The van der Waals surface area contributed by atoms with Crippen LogP contribution in [0.15, 0.2) is 109 Å². The number of rotatable bonds is 0. The van der Waals surface area contributed by atoms with Crippen LogP contribution >= 0.6 is 0 Å². The van der Waals surface area contributed by atoms with Crippen molar-refractivity contribution in [3.05, 3.63) is 109 Å². The second-order valence-corrected chi connectivity index (χ2v) is 8.27. The summed E-state index contributed by atoms with van der Waals surface area (Å²) < 4.78 is 0. The van der Waals surface area contributed by atoms with Crippen molar-refractivity contribution >= 4 is 64.6 Å². The molecule has 0 aromatic heterocycles. The minimum atomic E-state index is 1.29. The molecule has 7 aromatic rings. The molecule has 138 valence electrons. The van der Waals surface area contributed by atoms with E-state index in [2.05, 4.69) is 109 Å². The number of hydrogen-bond acceptors (Lipinski definition) is 0. The van der Waals surface area contributed by atoms with Gasteiger partial charge < -0.3 is 0 Å². The summed E-state index contributed by atoms with van der Waals surface area (Å²) in [6, 6.07) is 40.3. The molecule has 0 fully saturated rings. The first-order valence-corrected chi connectivity index (χ1v) is 10.4. The van der Waals surface area contributed by atoms with E-state index in [0.29, 0.717) is 0 Å². The molecule has 0 saturated carbocycles. The SMILES string of the molecule is c1ccc2cc3c(ccc4cc5c(ccc6cc7ccccc7cc65)cc43)cc2c1. The number of benzene rings is 7. The number of hydrogen-bond donors (Lipinski definition) is 0. The monoisotopic (exact) mass is 378 g/mol. The fourth-order valence-electron chi connectivity index (χ4n) is 4.99.